The van der Waals surface area contributed by atoms with Gasteiger partial charge in [-0.2, -0.15) is 0 Å². The lowest BCUT2D eigenvalue weighted by atomic mass is 9.42. The molecule has 7 rings (SSSR count). The molecule has 3 saturated carbocycles. The fourth-order valence-electron chi connectivity index (χ4n) is 6.00. The molecule has 9 heteroatoms. The summed E-state index contributed by atoms with van der Waals surface area (Å²) >= 11 is 5.91. The normalized spacial score (nSPS) is 20.2. The topological polar surface area (TPSA) is 114 Å². The number of aromatic nitrogens is 3. The lowest BCUT2D eigenvalue weighted by Crippen LogP contribution is -2.56. The van der Waals surface area contributed by atoms with E-state index in [2.05, 4.69) is 10.3 Å². The van der Waals surface area contributed by atoms with Crippen molar-refractivity contribution in [3.63, 3.8) is 0 Å². The molecule has 0 unspecified atom stereocenters. The maximum Gasteiger partial charge on any atom is 0.356 e. The van der Waals surface area contributed by atoms with Gasteiger partial charge in [0, 0.05) is 29.2 Å². The zero-order chi connectivity index (χ0) is 27.6. The van der Waals surface area contributed by atoms with E-state index in [1.54, 1.807) is 13.1 Å². The molecule has 3 aliphatic rings. The maximum absolute atomic E-state index is 13.5. The Balaban J connectivity index is 1.40. The van der Waals surface area contributed by atoms with Crippen LogP contribution in [0.3, 0.4) is 0 Å². The van der Waals surface area contributed by atoms with E-state index in [-0.39, 0.29) is 27.6 Å². The molecule has 0 radical (unpaired) electrons. The number of nitrogens with one attached hydrogen (secondary N) is 1. The quantitative estimate of drug-likeness (QED) is 0.224. The molecule has 0 amide bonds. The van der Waals surface area contributed by atoms with Gasteiger partial charge in [-0.25, -0.2) is 14.8 Å². The van der Waals surface area contributed by atoms with E-state index >= 15 is 0 Å². The van der Waals surface area contributed by atoms with Crippen LogP contribution in [0.25, 0.3) is 22.3 Å². The van der Waals surface area contributed by atoms with Gasteiger partial charge in [0.2, 0.25) is 0 Å². The van der Waals surface area contributed by atoms with E-state index in [4.69, 9.17) is 16.6 Å². The first-order chi connectivity index (χ1) is 18.6. The molecule has 198 valence electrons. The Labute approximate surface area is 229 Å². The number of pyridine rings is 1. The minimum absolute atomic E-state index is 0.0818. The molecule has 2 heterocycles. The van der Waals surface area contributed by atoms with E-state index < -0.39 is 12.0 Å². The van der Waals surface area contributed by atoms with Gasteiger partial charge in [0.25, 0.3) is 5.56 Å². The second-order valence-electron chi connectivity index (χ2n) is 10.9. The number of aromatic carboxylic acids is 1. The highest BCUT2D eigenvalue weighted by Crippen LogP contribution is 2.65. The number of fused-ring (bicyclic) bond motifs is 1. The number of Topliss-reactive ketones (excluding diaryl/α,β-unsaturated/α-hetero) is 1. The summed E-state index contributed by atoms with van der Waals surface area (Å²) in [7, 11) is 1.69. The smallest absolute Gasteiger partial charge is 0.356 e. The number of anilines is 1. The Morgan fingerprint density at radius 3 is 2.41 bits per heavy atom. The highest BCUT2D eigenvalue weighted by atomic mass is 35.5. The molecule has 0 spiro atoms. The van der Waals surface area contributed by atoms with Crippen LogP contribution >= 0.6 is 11.6 Å². The minimum Gasteiger partial charge on any atom is -0.476 e. The average molecular weight is 543 g/mol. The standard InChI is InChI=1S/C30H27ClN4O4/c1-15-10-20(16(2)32-22-8-9-23(31)33-25(22)29(38)39)24-21(11-15)28(37)35(3)27(34-24)19-6-4-18(5-7-19)26(36)30-12-17(13-30)14-30/h4-11,16-17,32H,12-14H2,1-3H3,(H,38,39)/t16-,17?,30?/m1/s1. The number of nitrogens with zero attached hydrogens (tertiary/aromatic N) is 3. The number of hydrogen-bond donors (Lipinski definition) is 2. The van der Waals surface area contributed by atoms with E-state index in [1.165, 1.54) is 10.6 Å². The molecule has 39 heavy (non-hydrogen) atoms. The van der Waals surface area contributed by atoms with Crippen molar-refractivity contribution in [2.45, 2.75) is 39.2 Å². The number of ketones is 1. The molecule has 3 fully saturated rings. The second-order valence-corrected chi connectivity index (χ2v) is 11.3. The third-order valence-electron chi connectivity index (χ3n) is 8.18. The van der Waals surface area contributed by atoms with Gasteiger partial charge in [0.1, 0.15) is 11.0 Å². The van der Waals surface area contributed by atoms with Gasteiger partial charge < -0.3 is 10.4 Å². The van der Waals surface area contributed by atoms with Gasteiger partial charge in [-0.3, -0.25) is 14.2 Å². The Hall–Kier alpha value is -4.04. The van der Waals surface area contributed by atoms with Crippen LogP contribution in [-0.4, -0.2) is 31.4 Å². The van der Waals surface area contributed by atoms with E-state index in [0.29, 0.717) is 28.0 Å². The largest absolute Gasteiger partial charge is 0.476 e. The maximum atomic E-state index is 13.5. The third kappa shape index (κ3) is 4.10. The summed E-state index contributed by atoms with van der Waals surface area (Å²) in [6.45, 7) is 3.77. The molecule has 2 aromatic carbocycles. The summed E-state index contributed by atoms with van der Waals surface area (Å²) in [6.07, 6.45) is 3.01. The predicted octanol–water partition coefficient (Wildman–Crippen LogP) is 5.81. The SMILES string of the molecule is Cc1cc([C@@H](C)Nc2ccc(Cl)nc2C(=O)O)c2nc(-c3ccc(C(=O)C45CC(C4)C5)cc3)n(C)c(=O)c2c1. The average Bonchev–Trinajstić information content (AvgIpc) is 2.85. The van der Waals surface area contributed by atoms with Crippen molar-refractivity contribution >= 4 is 39.9 Å². The Morgan fingerprint density at radius 1 is 1.10 bits per heavy atom. The first-order valence-electron chi connectivity index (χ1n) is 12.9. The number of carbonyl (C=O) groups is 2. The molecular formula is C30H27ClN4O4. The number of hydrogen-bond acceptors (Lipinski definition) is 6. The summed E-state index contributed by atoms with van der Waals surface area (Å²) in [4.78, 5) is 47.1. The zero-order valence-electron chi connectivity index (χ0n) is 21.8. The van der Waals surface area contributed by atoms with Crippen molar-refractivity contribution in [3.05, 3.63) is 86.4 Å². The highest BCUT2D eigenvalue weighted by molar-refractivity contribution is 6.29. The summed E-state index contributed by atoms with van der Waals surface area (Å²) in [5.41, 5.74) is 3.35. The van der Waals surface area contributed by atoms with Gasteiger partial charge in [0.05, 0.1) is 22.6 Å². The van der Waals surface area contributed by atoms with Gasteiger partial charge >= 0.3 is 5.97 Å². The third-order valence-corrected chi connectivity index (χ3v) is 8.39. The molecule has 0 saturated heterocycles. The molecule has 1 atom stereocenters. The summed E-state index contributed by atoms with van der Waals surface area (Å²) in [6, 6.07) is 13.8. The van der Waals surface area contributed by atoms with E-state index in [0.717, 1.165) is 41.9 Å². The minimum atomic E-state index is -1.20. The van der Waals surface area contributed by atoms with Gasteiger partial charge in [-0.05, 0) is 62.8 Å². The van der Waals surface area contributed by atoms with Crippen molar-refractivity contribution in [1.29, 1.82) is 0 Å². The first-order valence-corrected chi connectivity index (χ1v) is 13.3. The molecule has 2 aromatic heterocycles. The summed E-state index contributed by atoms with van der Waals surface area (Å²) < 4.78 is 1.52. The van der Waals surface area contributed by atoms with Gasteiger partial charge in [-0.15, -0.1) is 0 Å². The zero-order valence-corrected chi connectivity index (χ0v) is 22.5. The van der Waals surface area contributed by atoms with Crippen LogP contribution in [0.5, 0.6) is 0 Å². The van der Waals surface area contributed by atoms with Crippen LogP contribution in [0.2, 0.25) is 5.15 Å². The van der Waals surface area contributed by atoms with Gasteiger partial charge in [0.15, 0.2) is 11.5 Å². The Kier molecular flexibility index (Phi) is 5.84. The number of benzene rings is 2. The Bertz CT molecular complexity index is 1730. The highest BCUT2D eigenvalue weighted by Gasteiger charge is 2.61. The van der Waals surface area contributed by atoms with Crippen molar-refractivity contribution in [1.82, 2.24) is 14.5 Å². The van der Waals surface area contributed by atoms with Crippen LogP contribution < -0.4 is 10.9 Å². The van der Waals surface area contributed by atoms with Crippen LogP contribution in [0.1, 0.15) is 64.2 Å². The second kappa shape index (κ2) is 9.02. The van der Waals surface area contributed by atoms with Crippen molar-refractivity contribution < 1.29 is 14.7 Å². The van der Waals surface area contributed by atoms with Crippen LogP contribution in [0.15, 0.2) is 53.3 Å². The van der Waals surface area contributed by atoms with E-state index in [1.807, 2.05) is 50.2 Å². The number of aryl methyl sites for hydroxylation is 1. The van der Waals surface area contributed by atoms with Crippen LogP contribution in [0.4, 0.5) is 5.69 Å². The molecule has 3 aliphatic carbocycles. The lowest BCUT2D eigenvalue weighted by molar-refractivity contribution is -0.0707. The van der Waals surface area contributed by atoms with Gasteiger partial charge in [-0.1, -0.05) is 41.9 Å². The fraction of sp³-hybridized carbons (Fsp3) is 0.300. The molecule has 2 N–H and O–H groups in total. The monoisotopic (exact) mass is 542 g/mol. The van der Waals surface area contributed by atoms with Crippen molar-refractivity contribution in [2.24, 2.45) is 18.4 Å². The number of rotatable bonds is 7. The first kappa shape index (κ1) is 25.2. The van der Waals surface area contributed by atoms with Crippen LogP contribution in [0, 0.1) is 18.3 Å². The molecule has 2 bridgehead atoms. The molecule has 8 nitrogen and oxygen atoms in total. The number of carboxylic acid groups (broad SMARTS) is 1. The van der Waals surface area contributed by atoms with Crippen molar-refractivity contribution in [3.8, 4) is 11.4 Å². The van der Waals surface area contributed by atoms with Crippen LogP contribution in [-0.2, 0) is 7.05 Å². The predicted molar refractivity (Wildman–Crippen MR) is 150 cm³/mol. The molecular weight excluding hydrogens is 516 g/mol. The fourth-order valence-corrected chi connectivity index (χ4v) is 6.15. The number of carbonyl (C=O) groups excluding carboxylic acids is 1. The lowest BCUT2D eigenvalue weighted by Gasteiger charge is -2.60. The molecule has 0 aliphatic heterocycles. The number of carboxylic acids is 1. The summed E-state index contributed by atoms with van der Waals surface area (Å²) in [5.74, 6) is 0.221. The van der Waals surface area contributed by atoms with Crippen molar-refractivity contribution in [2.75, 3.05) is 5.32 Å². The molecule has 4 aromatic rings. The van der Waals surface area contributed by atoms with E-state index in [9.17, 15) is 19.5 Å². The number of halogens is 1. The summed E-state index contributed by atoms with van der Waals surface area (Å²) in [5, 5.41) is 13.4. The Morgan fingerprint density at radius 2 is 1.79 bits per heavy atom.